The second kappa shape index (κ2) is 7.38. The van der Waals surface area contributed by atoms with Crippen molar-refractivity contribution in [3.05, 3.63) is 46.5 Å². The number of aliphatic hydroxyl groups excluding tert-OH is 1. The fourth-order valence-electron chi connectivity index (χ4n) is 3.01. The van der Waals surface area contributed by atoms with Gasteiger partial charge in [0.2, 0.25) is 0 Å². The molecule has 0 amide bonds. The molecule has 0 spiro atoms. The first kappa shape index (κ1) is 16.4. The predicted octanol–water partition coefficient (Wildman–Crippen LogP) is 2.70. The summed E-state index contributed by atoms with van der Waals surface area (Å²) in [6.45, 7) is 2.54. The Kier molecular flexibility index (Phi) is 5.25. The molecule has 0 saturated heterocycles. The van der Waals surface area contributed by atoms with E-state index in [4.69, 9.17) is 12.2 Å². The van der Waals surface area contributed by atoms with Crippen LogP contribution in [0, 0.1) is 10.7 Å². The summed E-state index contributed by atoms with van der Waals surface area (Å²) in [5.74, 6) is 1.40. The molecule has 1 saturated carbocycles. The van der Waals surface area contributed by atoms with Crippen molar-refractivity contribution >= 4 is 12.2 Å². The second-order valence-electron chi connectivity index (χ2n) is 6.35. The summed E-state index contributed by atoms with van der Waals surface area (Å²) in [5.41, 5.74) is 1.30. The van der Waals surface area contributed by atoms with Gasteiger partial charge in [0.25, 0.3) is 0 Å². The third-order valence-corrected chi connectivity index (χ3v) is 5.08. The first-order chi connectivity index (χ1) is 11.2. The summed E-state index contributed by atoms with van der Waals surface area (Å²) in [7, 11) is 1.85. The molecule has 1 aromatic heterocycles. The van der Waals surface area contributed by atoms with Gasteiger partial charge in [-0.3, -0.25) is 4.90 Å². The Labute approximate surface area is 142 Å². The fraction of sp³-hybridized carbons (Fsp3) is 0.529. The van der Waals surface area contributed by atoms with Crippen LogP contribution in [-0.4, -0.2) is 30.9 Å². The first-order valence-electron chi connectivity index (χ1n) is 8.17. The standard InChI is InChI=1S/C17H24N4OS/c1-19-16(12-22)18-21(17(19)23)13-20(11-15-8-5-9-15)10-14-6-3-2-4-7-14/h2-4,6-7,15,22H,5,8-13H2,1H3. The molecule has 0 atom stereocenters. The van der Waals surface area contributed by atoms with Gasteiger partial charge in [-0.05, 0) is 36.5 Å². The van der Waals surface area contributed by atoms with Crippen LogP contribution in [0.5, 0.6) is 0 Å². The largest absolute Gasteiger partial charge is 0.388 e. The lowest BCUT2D eigenvalue weighted by Crippen LogP contribution is -2.34. The van der Waals surface area contributed by atoms with E-state index in [0.29, 0.717) is 17.3 Å². The maximum atomic E-state index is 9.36. The van der Waals surface area contributed by atoms with Crippen LogP contribution in [0.4, 0.5) is 0 Å². The van der Waals surface area contributed by atoms with Gasteiger partial charge in [0.05, 0.1) is 6.67 Å². The molecule has 0 unspecified atom stereocenters. The summed E-state index contributed by atoms with van der Waals surface area (Å²) in [6, 6.07) is 10.5. The molecule has 23 heavy (non-hydrogen) atoms. The molecule has 1 heterocycles. The van der Waals surface area contributed by atoms with Crippen molar-refractivity contribution in [3.8, 4) is 0 Å². The Morgan fingerprint density at radius 3 is 2.61 bits per heavy atom. The van der Waals surface area contributed by atoms with E-state index in [1.165, 1.54) is 24.8 Å². The predicted molar refractivity (Wildman–Crippen MR) is 92.1 cm³/mol. The van der Waals surface area contributed by atoms with E-state index in [-0.39, 0.29) is 6.61 Å². The van der Waals surface area contributed by atoms with E-state index in [1.807, 2.05) is 17.8 Å². The number of nitrogens with zero attached hydrogens (tertiary/aromatic N) is 4. The SMILES string of the molecule is Cn1c(CO)nn(CN(Cc2ccccc2)CC2CCC2)c1=S. The summed E-state index contributed by atoms with van der Waals surface area (Å²) in [5, 5.41) is 13.8. The number of hydrogen-bond acceptors (Lipinski definition) is 4. The Balaban J connectivity index is 1.76. The molecule has 3 rings (SSSR count). The van der Waals surface area contributed by atoms with E-state index >= 15 is 0 Å². The number of aromatic nitrogens is 3. The quantitative estimate of drug-likeness (QED) is 0.792. The number of hydrogen-bond donors (Lipinski definition) is 1. The van der Waals surface area contributed by atoms with Crippen molar-refractivity contribution in [3.63, 3.8) is 0 Å². The van der Waals surface area contributed by atoms with Crippen molar-refractivity contribution in [1.29, 1.82) is 0 Å². The van der Waals surface area contributed by atoms with Gasteiger partial charge in [0.1, 0.15) is 6.61 Å². The van der Waals surface area contributed by atoms with Gasteiger partial charge in [-0.2, -0.15) is 5.10 Å². The average molecular weight is 332 g/mol. The topological polar surface area (TPSA) is 46.2 Å². The van der Waals surface area contributed by atoms with E-state index in [9.17, 15) is 5.11 Å². The molecule has 1 aliphatic rings. The lowest BCUT2D eigenvalue weighted by molar-refractivity contribution is 0.131. The van der Waals surface area contributed by atoms with Crippen LogP contribution in [-0.2, 0) is 26.9 Å². The summed E-state index contributed by atoms with van der Waals surface area (Å²) in [4.78, 5) is 2.41. The van der Waals surface area contributed by atoms with Crippen LogP contribution in [0.2, 0.25) is 0 Å². The smallest absolute Gasteiger partial charge is 0.198 e. The van der Waals surface area contributed by atoms with Gasteiger partial charge in [-0.1, -0.05) is 36.8 Å². The molecule has 5 nitrogen and oxygen atoms in total. The van der Waals surface area contributed by atoms with Crippen LogP contribution in [0.3, 0.4) is 0 Å². The molecule has 6 heteroatoms. The van der Waals surface area contributed by atoms with Crippen molar-refractivity contribution in [1.82, 2.24) is 19.2 Å². The number of rotatable bonds is 7. The summed E-state index contributed by atoms with van der Waals surface area (Å²) < 4.78 is 4.25. The van der Waals surface area contributed by atoms with Gasteiger partial charge in [0.15, 0.2) is 10.6 Å². The molecule has 0 aliphatic heterocycles. The molecular formula is C17H24N4OS. The fourth-order valence-corrected chi connectivity index (χ4v) is 3.21. The van der Waals surface area contributed by atoms with Gasteiger partial charge in [-0.15, -0.1) is 0 Å². The second-order valence-corrected chi connectivity index (χ2v) is 6.72. The van der Waals surface area contributed by atoms with Crippen molar-refractivity contribution in [2.24, 2.45) is 13.0 Å². The molecule has 1 aromatic carbocycles. The molecule has 1 N–H and O–H groups in total. The van der Waals surface area contributed by atoms with E-state index in [2.05, 4.69) is 34.3 Å². The van der Waals surface area contributed by atoms with Crippen LogP contribution < -0.4 is 0 Å². The van der Waals surface area contributed by atoms with E-state index in [1.54, 1.807) is 4.57 Å². The van der Waals surface area contributed by atoms with E-state index < -0.39 is 0 Å². The third-order valence-electron chi connectivity index (χ3n) is 4.60. The van der Waals surface area contributed by atoms with Crippen LogP contribution in [0.15, 0.2) is 30.3 Å². The summed E-state index contributed by atoms with van der Waals surface area (Å²) in [6.07, 6.45) is 3.99. The van der Waals surface area contributed by atoms with Gasteiger partial charge in [-0.25, -0.2) is 4.68 Å². The minimum Gasteiger partial charge on any atom is -0.388 e. The molecular weight excluding hydrogens is 308 g/mol. The highest BCUT2D eigenvalue weighted by Crippen LogP contribution is 2.27. The highest BCUT2D eigenvalue weighted by atomic mass is 32.1. The monoisotopic (exact) mass is 332 g/mol. The average Bonchev–Trinajstić information content (AvgIpc) is 2.79. The lowest BCUT2D eigenvalue weighted by atomic mass is 9.85. The van der Waals surface area contributed by atoms with Gasteiger partial charge in [0, 0.05) is 20.1 Å². The number of aliphatic hydroxyl groups is 1. The normalized spacial score (nSPS) is 15.1. The highest BCUT2D eigenvalue weighted by Gasteiger charge is 2.21. The minimum absolute atomic E-state index is 0.0888. The Morgan fingerprint density at radius 1 is 1.30 bits per heavy atom. The zero-order chi connectivity index (χ0) is 16.2. The maximum absolute atomic E-state index is 9.36. The van der Waals surface area contributed by atoms with Crippen molar-refractivity contribution in [2.45, 2.75) is 39.1 Å². The Morgan fingerprint density at radius 2 is 2.04 bits per heavy atom. The van der Waals surface area contributed by atoms with Gasteiger partial charge >= 0.3 is 0 Å². The Hall–Kier alpha value is -1.50. The van der Waals surface area contributed by atoms with Crippen LogP contribution >= 0.6 is 12.2 Å². The highest BCUT2D eigenvalue weighted by molar-refractivity contribution is 7.71. The molecule has 124 valence electrons. The molecule has 1 fully saturated rings. The molecule has 2 aromatic rings. The van der Waals surface area contributed by atoms with E-state index in [0.717, 1.165) is 19.0 Å². The molecule has 0 radical (unpaired) electrons. The maximum Gasteiger partial charge on any atom is 0.198 e. The minimum atomic E-state index is -0.0888. The van der Waals surface area contributed by atoms with Crippen LogP contribution in [0.1, 0.15) is 30.7 Å². The zero-order valence-corrected chi connectivity index (χ0v) is 14.4. The lowest BCUT2D eigenvalue weighted by Gasteiger charge is -2.32. The summed E-state index contributed by atoms with van der Waals surface area (Å²) >= 11 is 5.44. The molecule has 0 bridgehead atoms. The van der Waals surface area contributed by atoms with Crippen molar-refractivity contribution < 1.29 is 5.11 Å². The van der Waals surface area contributed by atoms with Crippen molar-refractivity contribution in [2.75, 3.05) is 6.54 Å². The zero-order valence-electron chi connectivity index (χ0n) is 13.6. The number of benzene rings is 1. The van der Waals surface area contributed by atoms with Crippen LogP contribution in [0.25, 0.3) is 0 Å². The first-order valence-corrected chi connectivity index (χ1v) is 8.58. The Bertz CT molecular complexity index is 690. The third kappa shape index (κ3) is 3.88. The molecule has 1 aliphatic carbocycles. The van der Waals surface area contributed by atoms with Gasteiger partial charge < -0.3 is 9.67 Å².